The van der Waals surface area contributed by atoms with Gasteiger partial charge in [0, 0.05) is 27.7 Å². The van der Waals surface area contributed by atoms with Gasteiger partial charge >= 0.3 is 0 Å². The number of benzene rings is 2. The van der Waals surface area contributed by atoms with Crippen LogP contribution in [0.25, 0.3) is 10.4 Å². The van der Waals surface area contributed by atoms with Gasteiger partial charge in [-0.2, -0.15) is 0 Å². The Morgan fingerprint density at radius 3 is 2.64 bits per heavy atom. The minimum Gasteiger partial charge on any atom is -0.304 e. The smallest absolute Gasteiger partial charge is 0.268 e. The van der Waals surface area contributed by atoms with Crippen LogP contribution in [0.5, 0.6) is 0 Å². The number of hydrogen-bond donors (Lipinski definition) is 0. The molecule has 28 heavy (non-hydrogen) atoms. The molecular weight excluding hydrogens is 414 g/mol. The average molecular weight is 430 g/mol. The molecule has 0 aliphatic carbocycles. The monoisotopic (exact) mass is 429 g/mol. The molecule has 4 rings (SSSR count). The van der Waals surface area contributed by atoms with E-state index in [4.69, 9.17) is 11.6 Å². The first-order valence-corrected chi connectivity index (χ1v) is 11.4. The van der Waals surface area contributed by atoms with Gasteiger partial charge in [-0.05, 0) is 35.9 Å². The lowest BCUT2D eigenvalue weighted by atomic mass is 10.1. The summed E-state index contributed by atoms with van der Waals surface area (Å²) < 4.78 is 25.3. The van der Waals surface area contributed by atoms with E-state index in [0.29, 0.717) is 27.6 Å². The molecule has 1 aliphatic rings. The van der Waals surface area contributed by atoms with Crippen molar-refractivity contribution in [2.75, 3.05) is 11.4 Å². The van der Waals surface area contributed by atoms with Crippen LogP contribution in [-0.2, 0) is 15.6 Å². The predicted octanol–water partition coefficient (Wildman–Crippen LogP) is 5.19. The van der Waals surface area contributed by atoms with Gasteiger partial charge in [-0.1, -0.05) is 41.9 Å². The van der Waals surface area contributed by atoms with E-state index in [1.807, 2.05) is 30.3 Å². The molecule has 0 saturated heterocycles. The zero-order chi connectivity index (χ0) is 19.9. The van der Waals surface area contributed by atoms with E-state index in [-0.39, 0.29) is 16.6 Å². The van der Waals surface area contributed by atoms with Crippen LogP contribution in [0, 0.1) is 0 Å². The number of para-hydroxylation sites is 1. The number of hydrogen-bond acceptors (Lipinski definition) is 4. The molecule has 0 atom stereocenters. The maximum atomic E-state index is 13.2. The van der Waals surface area contributed by atoms with Crippen molar-refractivity contribution in [3.63, 3.8) is 0 Å². The summed E-state index contributed by atoms with van der Waals surface area (Å²) >= 11 is 7.31. The number of halogens is 1. The fourth-order valence-corrected chi connectivity index (χ4v) is 6.43. The van der Waals surface area contributed by atoms with Gasteiger partial charge in [0.05, 0.1) is 15.5 Å². The highest BCUT2D eigenvalue weighted by molar-refractivity contribution is 7.91. The fourth-order valence-electron chi connectivity index (χ4n) is 3.27. The second-order valence-electron chi connectivity index (χ2n) is 6.40. The third-order valence-electron chi connectivity index (χ3n) is 4.51. The lowest BCUT2D eigenvalue weighted by Gasteiger charge is -2.20. The summed E-state index contributed by atoms with van der Waals surface area (Å²) in [5, 5.41) is 0.375. The van der Waals surface area contributed by atoms with Crippen molar-refractivity contribution < 1.29 is 13.2 Å². The minimum atomic E-state index is -3.49. The number of sulfone groups is 1. The van der Waals surface area contributed by atoms with Gasteiger partial charge in [0.2, 0.25) is 0 Å². The third kappa shape index (κ3) is 3.28. The van der Waals surface area contributed by atoms with Gasteiger partial charge in [0.1, 0.15) is 0 Å². The Labute approximate surface area is 172 Å². The molecule has 1 aromatic heterocycles. The number of rotatable bonds is 4. The zero-order valence-electron chi connectivity index (χ0n) is 14.8. The van der Waals surface area contributed by atoms with E-state index in [9.17, 15) is 13.2 Å². The highest BCUT2D eigenvalue weighted by Gasteiger charge is 2.32. The van der Waals surface area contributed by atoms with E-state index in [1.165, 1.54) is 17.4 Å². The Kier molecular flexibility index (Phi) is 4.87. The molecule has 3 aromatic rings. The highest BCUT2D eigenvalue weighted by atomic mass is 35.5. The van der Waals surface area contributed by atoms with Crippen molar-refractivity contribution in [3.8, 4) is 10.4 Å². The van der Waals surface area contributed by atoms with Gasteiger partial charge in [-0.15, -0.1) is 17.9 Å². The summed E-state index contributed by atoms with van der Waals surface area (Å²) in [6.07, 6.45) is 1.67. The van der Waals surface area contributed by atoms with Gasteiger partial charge in [0.15, 0.2) is 9.84 Å². The van der Waals surface area contributed by atoms with E-state index in [2.05, 4.69) is 6.58 Å². The molecule has 7 heteroatoms. The average Bonchev–Trinajstić information content (AvgIpc) is 3.09. The first-order chi connectivity index (χ1) is 13.4. The third-order valence-corrected chi connectivity index (χ3v) is 7.65. The molecule has 0 N–H and O–H groups in total. The Hall–Kier alpha value is -2.41. The van der Waals surface area contributed by atoms with E-state index >= 15 is 0 Å². The standard InChI is InChI=1S/C21H16ClNO3S2/c1-2-10-23(16-6-4-3-5-7-16)21(24)18-11-14-13-28(25,26)19-12-15(22)8-9-17(19)20(14)27-18/h2-9,11-12H,1,10,13H2. The molecule has 142 valence electrons. The van der Waals surface area contributed by atoms with Gasteiger partial charge in [-0.3, -0.25) is 4.79 Å². The predicted molar refractivity (Wildman–Crippen MR) is 114 cm³/mol. The van der Waals surface area contributed by atoms with Crippen LogP contribution >= 0.6 is 22.9 Å². The largest absolute Gasteiger partial charge is 0.304 e. The number of amides is 1. The summed E-state index contributed by atoms with van der Waals surface area (Å²) in [4.78, 5) is 16.3. The van der Waals surface area contributed by atoms with Gasteiger partial charge < -0.3 is 4.90 Å². The molecule has 0 spiro atoms. The SMILES string of the molecule is C=CCN(C(=O)c1cc2c(s1)-c1ccc(Cl)cc1S(=O)(=O)C2)c1ccccc1. The highest BCUT2D eigenvalue weighted by Crippen LogP contribution is 2.44. The number of nitrogens with zero attached hydrogens (tertiary/aromatic N) is 1. The molecule has 0 saturated carbocycles. The quantitative estimate of drug-likeness (QED) is 0.536. The Morgan fingerprint density at radius 2 is 1.93 bits per heavy atom. The summed E-state index contributed by atoms with van der Waals surface area (Å²) in [5.41, 5.74) is 2.01. The molecule has 4 nitrogen and oxygen atoms in total. The summed E-state index contributed by atoms with van der Waals surface area (Å²) in [6.45, 7) is 4.10. The topological polar surface area (TPSA) is 54.5 Å². The molecule has 2 aromatic carbocycles. The fraction of sp³-hybridized carbons (Fsp3) is 0.0952. The second-order valence-corrected chi connectivity index (χ2v) is 9.85. The van der Waals surface area contributed by atoms with Crippen molar-refractivity contribution in [1.82, 2.24) is 0 Å². The molecule has 0 radical (unpaired) electrons. The van der Waals surface area contributed by atoms with Crippen LogP contribution in [0.3, 0.4) is 0 Å². The maximum absolute atomic E-state index is 13.2. The van der Waals surface area contributed by atoms with Crippen LogP contribution in [0.4, 0.5) is 5.69 Å². The molecule has 0 fully saturated rings. The summed E-state index contributed by atoms with van der Waals surface area (Å²) in [5.74, 6) is -0.315. The van der Waals surface area contributed by atoms with Crippen molar-refractivity contribution in [2.45, 2.75) is 10.6 Å². The maximum Gasteiger partial charge on any atom is 0.268 e. The first-order valence-electron chi connectivity index (χ1n) is 8.54. The molecular formula is C21H16ClNO3S2. The number of carbonyl (C=O) groups excluding carboxylic acids is 1. The lowest BCUT2D eigenvalue weighted by Crippen LogP contribution is -2.30. The lowest BCUT2D eigenvalue weighted by molar-refractivity contribution is 0.0993. The van der Waals surface area contributed by atoms with Crippen LogP contribution in [0.1, 0.15) is 15.2 Å². The summed E-state index contributed by atoms with van der Waals surface area (Å²) in [6, 6.07) is 15.9. The van der Waals surface area contributed by atoms with Crippen molar-refractivity contribution in [2.24, 2.45) is 0 Å². The minimum absolute atomic E-state index is 0.133. The number of fused-ring (bicyclic) bond motifs is 3. The Bertz CT molecular complexity index is 1180. The number of carbonyl (C=O) groups is 1. The van der Waals surface area contributed by atoms with Crippen LogP contribution in [0.15, 0.2) is 72.1 Å². The Balaban J connectivity index is 1.79. The van der Waals surface area contributed by atoms with Crippen LogP contribution in [-0.4, -0.2) is 20.9 Å². The molecule has 1 amide bonds. The van der Waals surface area contributed by atoms with Crippen LogP contribution < -0.4 is 4.90 Å². The molecule has 0 bridgehead atoms. The van der Waals surface area contributed by atoms with Crippen molar-refractivity contribution in [1.29, 1.82) is 0 Å². The number of thiophene rings is 1. The molecule has 1 aliphatic heterocycles. The first kappa shape index (κ1) is 18.9. The van der Waals surface area contributed by atoms with E-state index in [1.54, 1.807) is 29.2 Å². The van der Waals surface area contributed by atoms with Crippen molar-refractivity contribution >= 4 is 44.4 Å². The van der Waals surface area contributed by atoms with Gasteiger partial charge in [-0.25, -0.2) is 8.42 Å². The second kappa shape index (κ2) is 7.20. The number of anilines is 1. The van der Waals surface area contributed by atoms with Crippen molar-refractivity contribution in [3.05, 3.63) is 82.7 Å². The zero-order valence-corrected chi connectivity index (χ0v) is 17.2. The molecule has 2 heterocycles. The van der Waals surface area contributed by atoms with E-state index < -0.39 is 9.84 Å². The van der Waals surface area contributed by atoms with Crippen LogP contribution in [0.2, 0.25) is 5.02 Å². The van der Waals surface area contributed by atoms with E-state index in [0.717, 1.165) is 10.6 Å². The Morgan fingerprint density at radius 1 is 1.18 bits per heavy atom. The molecule has 0 unspecified atom stereocenters. The summed E-state index contributed by atoms with van der Waals surface area (Å²) in [7, 11) is -3.49. The van der Waals surface area contributed by atoms with Gasteiger partial charge in [0.25, 0.3) is 5.91 Å². The normalized spacial score (nSPS) is 14.0.